The third-order valence-electron chi connectivity index (χ3n) is 3.99. The van der Waals surface area contributed by atoms with Gasteiger partial charge in [-0.05, 0) is 25.7 Å². The molecule has 0 aromatic heterocycles. The number of rotatable bonds is 3. The Morgan fingerprint density at radius 1 is 1.19 bits per heavy atom. The van der Waals surface area contributed by atoms with Crippen LogP contribution in [0.5, 0.6) is 0 Å². The molecule has 1 amide bonds. The Labute approximate surface area is 98.6 Å². The van der Waals surface area contributed by atoms with Gasteiger partial charge in [-0.15, -0.1) is 0 Å². The maximum Gasteiger partial charge on any atom is 0.222 e. The molecule has 0 unspecified atom stereocenters. The van der Waals surface area contributed by atoms with E-state index >= 15 is 0 Å². The molecule has 1 heterocycles. The molecule has 1 aliphatic carbocycles. The van der Waals surface area contributed by atoms with Gasteiger partial charge in [0.1, 0.15) is 0 Å². The molecule has 0 spiro atoms. The summed E-state index contributed by atoms with van der Waals surface area (Å²) in [6.07, 6.45) is 6.46. The highest BCUT2D eigenvalue weighted by Crippen LogP contribution is 2.27. The quantitative estimate of drug-likeness (QED) is 0.792. The average Bonchev–Trinajstić information content (AvgIpc) is 2.18. The number of carbonyl (C=O) groups excluding carboxylic acids is 1. The first-order chi connectivity index (χ1) is 7.66. The van der Waals surface area contributed by atoms with Gasteiger partial charge in [0.25, 0.3) is 0 Å². The number of amides is 1. The second kappa shape index (κ2) is 5.17. The van der Waals surface area contributed by atoms with Gasteiger partial charge in [0.2, 0.25) is 5.91 Å². The first kappa shape index (κ1) is 11.9. The SMILES string of the molecule is CC(C)C(=O)NC1CCN(C2CCC2)CC1. The molecule has 1 saturated carbocycles. The molecular weight excluding hydrogens is 200 g/mol. The van der Waals surface area contributed by atoms with E-state index in [-0.39, 0.29) is 11.8 Å². The second-order valence-corrected chi connectivity index (χ2v) is 5.56. The Morgan fingerprint density at radius 2 is 1.81 bits per heavy atom. The number of piperidine rings is 1. The van der Waals surface area contributed by atoms with E-state index in [9.17, 15) is 4.79 Å². The van der Waals surface area contributed by atoms with E-state index in [1.54, 1.807) is 0 Å². The summed E-state index contributed by atoms with van der Waals surface area (Å²) in [4.78, 5) is 14.2. The van der Waals surface area contributed by atoms with Crippen molar-refractivity contribution in [3.8, 4) is 0 Å². The van der Waals surface area contributed by atoms with Crippen molar-refractivity contribution in [2.75, 3.05) is 13.1 Å². The fraction of sp³-hybridized carbons (Fsp3) is 0.923. The predicted octanol–water partition coefficient (Wildman–Crippen LogP) is 1.78. The van der Waals surface area contributed by atoms with Crippen LogP contribution in [0.4, 0.5) is 0 Å². The molecule has 1 saturated heterocycles. The molecule has 3 nitrogen and oxygen atoms in total. The number of nitrogens with zero attached hydrogens (tertiary/aromatic N) is 1. The van der Waals surface area contributed by atoms with Crippen molar-refractivity contribution in [1.29, 1.82) is 0 Å². The predicted molar refractivity (Wildman–Crippen MR) is 65.2 cm³/mol. The van der Waals surface area contributed by atoms with Crippen LogP contribution >= 0.6 is 0 Å². The zero-order valence-electron chi connectivity index (χ0n) is 10.5. The van der Waals surface area contributed by atoms with E-state index in [1.807, 2.05) is 13.8 Å². The summed E-state index contributed by atoms with van der Waals surface area (Å²) in [5.74, 6) is 0.326. The van der Waals surface area contributed by atoms with Gasteiger partial charge in [-0.2, -0.15) is 0 Å². The number of likely N-dealkylation sites (tertiary alicyclic amines) is 1. The number of hydrogen-bond donors (Lipinski definition) is 1. The molecule has 0 bridgehead atoms. The highest BCUT2D eigenvalue weighted by Gasteiger charge is 2.29. The van der Waals surface area contributed by atoms with E-state index in [0.717, 1.165) is 18.9 Å². The van der Waals surface area contributed by atoms with Crippen LogP contribution < -0.4 is 5.32 Å². The Kier molecular flexibility index (Phi) is 3.85. The minimum atomic E-state index is 0.115. The lowest BCUT2D eigenvalue weighted by Crippen LogP contribution is -2.50. The highest BCUT2D eigenvalue weighted by atomic mass is 16.1. The van der Waals surface area contributed by atoms with E-state index in [1.165, 1.54) is 32.4 Å². The Morgan fingerprint density at radius 3 is 2.25 bits per heavy atom. The van der Waals surface area contributed by atoms with Crippen LogP contribution in [0.15, 0.2) is 0 Å². The topological polar surface area (TPSA) is 32.3 Å². The molecule has 0 atom stereocenters. The van der Waals surface area contributed by atoms with Crippen LogP contribution in [0, 0.1) is 5.92 Å². The molecule has 0 radical (unpaired) electrons. The molecule has 2 rings (SSSR count). The van der Waals surface area contributed by atoms with Crippen LogP contribution in [-0.2, 0) is 4.79 Å². The summed E-state index contributed by atoms with van der Waals surface area (Å²) in [6.45, 7) is 6.26. The van der Waals surface area contributed by atoms with E-state index < -0.39 is 0 Å². The maximum absolute atomic E-state index is 11.6. The van der Waals surface area contributed by atoms with Crippen molar-refractivity contribution in [3.05, 3.63) is 0 Å². The molecular formula is C13H24N2O. The van der Waals surface area contributed by atoms with Crippen molar-refractivity contribution in [3.63, 3.8) is 0 Å². The fourth-order valence-electron chi connectivity index (χ4n) is 2.53. The van der Waals surface area contributed by atoms with Crippen molar-refractivity contribution in [1.82, 2.24) is 10.2 Å². The van der Waals surface area contributed by atoms with Gasteiger partial charge < -0.3 is 10.2 Å². The van der Waals surface area contributed by atoms with E-state index in [2.05, 4.69) is 10.2 Å². The zero-order chi connectivity index (χ0) is 11.5. The second-order valence-electron chi connectivity index (χ2n) is 5.56. The smallest absolute Gasteiger partial charge is 0.222 e. The van der Waals surface area contributed by atoms with Crippen LogP contribution in [0.3, 0.4) is 0 Å². The molecule has 92 valence electrons. The van der Waals surface area contributed by atoms with Gasteiger partial charge in [0.15, 0.2) is 0 Å². The molecule has 1 N–H and O–H groups in total. The lowest BCUT2D eigenvalue weighted by molar-refractivity contribution is -0.125. The van der Waals surface area contributed by atoms with Gasteiger partial charge in [0.05, 0.1) is 0 Å². The molecule has 2 aliphatic rings. The van der Waals surface area contributed by atoms with Gasteiger partial charge in [0, 0.05) is 31.1 Å². The molecule has 2 fully saturated rings. The monoisotopic (exact) mass is 224 g/mol. The first-order valence-electron chi connectivity index (χ1n) is 6.71. The number of nitrogens with one attached hydrogen (secondary N) is 1. The van der Waals surface area contributed by atoms with Crippen molar-refractivity contribution >= 4 is 5.91 Å². The van der Waals surface area contributed by atoms with Gasteiger partial charge in [-0.25, -0.2) is 0 Å². The largest absolute Gasteiger partial charge is 0.353 e. The summed E-state index contributed by atoms with van der Waals surface area (Å²) in [7, 11) is 0. The van der Waals surface area contributed by atoms with Crippen molar-refractivity contribution < 1.29 is 4.79 Å². The van der Waals surface area contributed by atoms with Crippen LogP contribution in [0.2, 0.25) is 0 Å². The molecule has 3 heteroatoms. The van der Waals surface area contributed by atoms with Crippen LogP contribution in [-0.4, -0.2) is 36.0 Å². The summed E-state index contributed by atoms with van der Waals surface area (Å²) in [5.41, 5.74) is 0. The highest BCUT2D eigenvalue weighted by molar-refractivity contribution is 5.78. The maximum atomic E-state index is 11.6. The molecule has 0 aromatic rings. The first-order valence-corrected chi connectivity index (χ1v) is 6.71. The van der Waals surface area contributed by atoms with E-state index in [4.69, 9.17) is 0 Å². The van der Waals surface area contributed by atoms with E-state index in [0.29, 0.717) is 6.04 Å². The Hall–Kier alpha value is -0.570. The summed E-state index contributed by atoms with van der Waals surface area (Å²) < 4.78 is 0. The average molecular weight is 224 g/mol. The third-order valence-corrected chi connectivity index (χ3v) is 3.99. The number of carbonyl (C=O) groups is 1. The lowest BCUT2D eigenvalue weighted by atomic mass is 9.89. The lowest BCUT2D eigenvalue weighted by Gasteiger charge is -2.42. The van der Waals surface area contributed by atoms with Gasteiger partial charge in [-0.3, -0.25) is 4.79 Å². The molecule has 1 aliphatic heterocycles. The third kappa shape index (κ3) is 2.76. The van der Waals surface area contributed by atoms with Crippen molar-refractivity contribution in [2.45, 2.75) is 58.0 Å². The minimum Gasteiger partial charge on any atom is -0.353 e. The van der Waals surface area contributed by atoms with Crippen LogP contribution in [0.25, 0.3) is 0 Å². The Balaban J connectivity index is 1.70. The van der Waals surface area contributed by atoms with Crippen LogP contribution in [0.1, 0.15) is 46.0 Å². The Bertz CT molecular complexity index is 240. The standard InChI is InChI=1S/C13H24N2O/c1-10(2)13(16)14-11-6-8-15(9-7-11)12-4-3-5-12/h10-12H,3-9H2,1-2H3,(H,14,16). The van der Waals surface area contributed by atoms with Gasteiger partial charge >= 0.3 is 0 Å². The van der Waals surface area contributed by atoms with Gasteiger partial charge in [-0.1, -0.05) is 20.3 Å². The summed E-state index contributed by atoms with van der Waals surface area (Å²) in [5, 5.41) is 3.15. The summed E-state index contributed by atoms with van der Waals surface area (Å²) in [6, 6.07) is 1.29. The zero-order valence-corrected chi connectivity index (χ0v) is 10.5. The number of hydrogen-bond acceptors (Lipinski definition) is 2. The van der Waals surface area contributed by atoms with Crippen molar-refractivity contribution in [2.24, 2.45) is 5.92 Å². The molecule has 16 heavy (non-hydrogen) atoms. The fourth-order valence-corrected chi connectivity index (χ4v) is 2.53. The normalized spacial score (nSPS) is 24.4. The minimum absolute atomic E-state index is 0.115. The molecule has 0 aromatic carbocycles. The summed E-state index contributed by atoms with van der Waals surface area (Å²) >= 11 is 0.